The molecule has 0 saturated heterocycles. The molecule has 0 aliphatic rings. The minimum Gasteiger partial charge on any atom is -0.492 e. The van der Waals surface area contributed by atoms with Gasteiger partial charge in [-0.3, -0.25) is 0 Å². The van der Waals surface area contributed by atoms with E-state index < -0.39 is 6.10 Å². The largest absolute Gasteiger partial charge is 0.492 e. The van der Waals surface area contributed by atoms with Gasteiger partial charge in [-0.25, -0.2) is 8.91 Å². The van der Waals surface area contributed by atoms with Gasteiger partial charge in [0.2, 0.25) is 5.88 Å². The van der Waals surface area contributed by atoms with E-state index in [-0.39, 0.29) is 5.82 Å². The van der Waals surface area contributed by atoms with Gasteiger partial charge in [-0.15, -0.1) is 0 Å². The van der Waals surface area contributed by atoms with Crippen LogP contribution in [0.4, 0.5) is 4.39 Å². The highest BCUT2D eigenvalue weighted by atomic mass is 19.1. The Kier molecular flexibility index (Phi) is 5.68. The van der Waals surface area contributed by atoms with Gasteiger partial charge >= 0.3 is 0 Å². The first-order chi connectivity index (χ1) is 12.6. The number of hydrogen-bond donors (Lipinski definition) is 1. The summed E-state index contributed by atoms with van der Waals surface area (Å²) in [6.45, 7) is 5.09. The molecule has 1 unspecified atom stereocenters. The average Bonchev–Trinajstić information content (AvgIpc) is 3.05. The number of aromatic nitrogens is 3. The first-order valence-corrected chi connectivity index (χ1v) is 8.69. The Labute approximate surface area is 152 Å². The monoisotopic (exact) mass is 358 g/mol. The molecule has 2 heterocycles. The van der Waals surface area contributed by atoms with Crippen molar-refractivity contribution in [3.8, 4) is 11.6 Å². The third-order valence-corrected chi connectivity index (χ3v) is 4.11. The van der Waals surface area contributed by atoms with Gasteiger partial charge in [0.15, 0.2) is 5.65 Å². The Morgan fingerprint density at radius 3 is 2.92 bits per heavy atom. The van der Waals surface area contributed by atoms with Crippen LogP contribution < -0.4 is 14.8 Å². The Hall–Kier alpha value is -2.67. The number of fused-ring (bicyclic) bond motifs is 1. The summed E-state index contributed by atoms with van der Waals surface area (Å²) in [6.07, 6.45) is 4.02. The predicted molar refractivity (Wildman–Crippen MR) is 97.2 cm³/mol. The van der Waals surface area contributed by atoms with Crippen molar-refractivity contribution >= 4 is 5.65 Å². The normalized spacial score (nSPS) is 12.3. The zero-order valence-corrected chi connectivity index (χ0v) is 15.2. The Bertz CT molecular complexity index is 881. The standard InChI is InChI=1S/C19H23FN4O2/c1-4-14-12-22-24-9-7-18(23-19(14)24)26-13(2)16-11-15(20)5-6-17(16)25-10-8-21-3/h5-7,9,11-13,21H,4,8,10H2,1-3H3. The van der Waals surface area contributed by atoms with Crippen LogP contribution in [0.25, 0.3) is 5.65 Å². The lowest BCUT2D eigenvalue weighted by atomic mass is 10.1. The number of rotatable bonds is 8. The minimum absolute atomic E-state index is 0.330. The highest BCUT2D eigenvalue weighted by Gasteiger charge is 2.16. The van der Waals surface area contributed by atoms with Crippen LogP contribution in [0, 0.1) is 5.82 Å². The second-order valence-corrected chi connectivity index (χ2v) is 5.95. The molecule has 0 amide bonds. The van der Waals surface area contributed by atoms with Crippen molar-refractivity contribution in [2.75, 3.05) is 20.2 Å². The molecule has 6 nitrogen and oxygen atoms in total. The molecule has 1 N–H and O–H groups in total. The summed E-state index contributed by atoms with van der Waals surface area (Å²) in [5.41, 5.74) is 2.46. The van der Waals surface area contributed by atoms with Gasteiger partial charge in [-0.2, -0.15) is 10.1 Å². The first kappa shape index (κ1) is 18.1. The Morgan fingerprint density at radius 2 is 2.15 bits per heavy atom. The van der Waals surface area contributed by atoms with Crippen LogP contribution in [0.3, 0.4) is 0 Å². The van der Waals surface area contributed by atoms with Crippen molar-refractivity contribution in [3.63, 3.8) is 0 Å². The van der Waals surface area contributed by atoms with Crippen molar-refractivity contribution in [1.82, 2.24) is 19.9 Å². The second kappa shape index (κ2) is 8.14. The number of halogens is 1. The van der Waals surface area contributed by atoms with E-state index in [0.717, 1.165) is 17.6 Å². The molecule has 138 valence electrons. The molecule has 0 saturated carbocycles. The number of likely N-dealkylation sites (N-methyl/N-ethyl adjacent to an activating group) is 1. The van der Waals surface area contributed by atoms with E-state index in [1.54, 1.807) is 29.0 Å². The van der Waals surface area contributed by atoms with Crippen molar-refractivity contribution in [2.45, 2.75) is 26.4 Å². The Morgan fingerprint density at radius 1 is 1.31 bits per heavy atom. The maximum atomic E-state index is 13.7. The van der Waals surface area contributed by atoms with E-state index in [1.165, 1.54) is 12.1 Å². The molecule has 1 atom stereocenters. The number of ether oxygens (including phenoxy) is 2. The summed E-state index contributed by atoms with van der Waals surface area (Å²) in [5, 5.41) is 7.27. The molecule has 7 heteroatoms. The maximum Gasteiger partial charge on any atom is 0.217 e. The summed E-state index contributed by atoms with van der Waals surface area (Å²) in [5.74, 6) is 0.739. The predicted octanol–water partition coefficient (Wildman–Crippen LogP) is 3.17. The Balaban J connectivity index is 1.83. The summed E-state index contributed by atoms with van der Waals surface area (Å²) in [4.78, 5) is 4.53. The molecule has 0 aliphatic carbocycles. The quantitative estimate of drug-likeness (QED) is 0.627. The highest BCUT2D eigenvalue weighted by molar-refractivity contribution is 5.47. The molecule has 26 heavy (non-hydrogen) atoms. The van der Waals surface area contributed by atoms with Gasteiger partial charge in [0.1, 0.15) is 24.3 Å². The van der Waals surface area contributed by atoms with Crippen molar-refractivity contribution in [2.24, 2.45) is 0 Å². The fraction of sp³-hybridized carbons (Fsp3) is 0.368. The summed E-state index contributed by atoms with van der Waals surface area (Å²) in [7, 11) is 1.85. The van der Waals surface area contributed by atoms with Crippen molar-refractivity contribution in [3.05, 3.63) is 53.6 Å². The fourth-order valence-corrected chi connectivity index (χ4v) is 2.69. The molecule has 2 aromatic heterocycles. The second-order valence-electron chi connectivity index (χ2n) is 5.95. The number of benzene rings is 1. The van der Waals surface area contributed by atoms with Gasteiger partial charge in [-0.1, -0.05) is 6.92 Å². The zero-order chi connectivity index (χ0) is 18.5. The third kappa shape index (κ3) is 3.94. The fourth-order valence-electron chi connectivity index (χ4n) is 2.69. The number of nitrogens with one attached hydrogen (secondary N) is 1. The molecular weight excluding hydrogens is 335 g/mol. The van der Waals surface area contributed by atoms with Crippen LogP contribution in [-0.2, 0) is 6.42 Å². The minimum atomic E-state index is -0.418. The van der Waals surface area contributed by atoms with Gasteiger partial charge in [0.25, 0.3) is 0 Å². The van der Waals surface area contributed by atoms with E-state index in [2.05, 4.69) is 22.3 Å². The van der Waals surface area contributed by atoms with Gasteiger partial charge in [0, 0.05) is 29.9 Å². The van der Waals surface area contributed by atoms with Crippen molar-refractivity contribution < 1.29 is 13.9 Å². The summed E-state index contributed by atoms with van der Waals surface area (Å²) in [6, 6.07) is 6.20. The number of aryl methyl sites for hydroxylation is 1. The van der Waals surface area contributed by atoms with Gasteiger partial charge in [-0.05, 0) is 38.6 Å². The average molecular weight is 358 g/mol. The third-order valence-electron chi connectivity index (χ3n) is 4.11. The molecule has 3 aromatic rings. The first-order valence-electron chi connectivity index (χ1n) is 8.69. The van der Waals surface area contributed by atoms with Crippen LogP contribution >= 0.6 is 0 Å². The molecule has 0 fully saturated rings. The van der Waals surface area contributed by atoms with Crippen LogP contribution in [0.1, 0.15) is 31.1 Å². The number of nitrogens with zero attached hydrogens (tertiary/aromatic N) is 3. The molecule has 3 rings (SSSR count). The lowest BCUT2D eigenvalue weighted by molar-refractivity contribution is 0.208. The lowest BCUT2D eigenvalue weighted by Gasteiger charge is -2.18. The van der Waals surface area contributed by atoms with Crippen LogP contribution in [-0.4, -0.2) is 34.8 Å². The summed E-state index contributed by atoms with van der Waals surface area (Å²) < 4.78 is 27.2. The molecule has 0 radical (unpaired) electrons. The topological polar surface area (TPSA) is 60.7 Å². The van der Waals surface area contributed by atoms with E-state index in [1.807, 2.05) is 14.0 Å². The zero-order valence-electron chi connectivity index (χ0n) is 15.2. The maximum absolute atomic E-state index is 13.7. The highest BCUT2D eigenvalue weighted by Crippen LogP contribution is 2.29. The van der Waals surface area contributed by atoms with E-state index >= 15 is 0 Å². The number of hydrogen-bond acceptors (Lipinski definition) is 5. The van der Waals surface area contributed by atoms with E-state index in [9.17, 15) is 4.39 Å². The van der Waals surface area contributed by atoms with Crippen LogP contribution in [0.15, 0.2) is 36.7 Å². The van der Waals surface area contributed by atoms with E-state index in [4.69, 9.17) is 9.47 Å². The van der Waals surface area contributed by atoms with Gasteiger partial charge < -0.3 is 14.8 Å². The molecule has 0 bridgehead atoms. The van der Waals surface area contributed by atoms with Crippen LogP contribution in [0.5, 0.6) is 11.6 Å². The molecule has 0 spiro atoms. The molecule has 1 aromatic carbocycles. The van der Waals surface area contributed by atoms with E-state index in [0.29, 0.717) is 30.3 Å². The smallest absolute Gasteiger partial charge is 0.217 e. The van der Waals surface area contributed by atoms with Gasteiger partial charge in [0.05, 0.1) is 6.20 Å². The molecular formula is C19H23FN4O2. The lowest BCUT2D eigenvalue weighted by Crippen LogP contribution is -2.17. The van der Waals surface area contributed by atoms with Crippen molar-refractivity contribution in [1.29, 1.82) is 0 Å². The molecule has 0 aliphatic heterocycles. The SMILES string of the molecule is CCc1cnn2ccc(OC(C)c3cc(F)ccc3OCCNC)nc12. The summed E-state index contributed by atoms with van der Waals surface area (Å²) >= 11 is 0. The van der Waals surface area contributed by atoms with Crippen LogP contribution in [0.2, 0.25) is 0 Å².